The normalized spacial score (nSPS) is 22.7. The molecule has 0 bridgehead atoms. The van der Waals surface area contributed by atoms with Crippen molar-refractivity contribution in [2.24, 2.45) is 5.41 Å². The maximum absolute atomic E-state index is 12.9. The predicted octanol–water partition coefficient (Wildman–Crippen LogP) is 2.81. The third-order valence-electron chi connectivity index (χ3n) is 5.81. The lowest BCUT2D eigenvalue weighted by Crippen LogP contribution is -2.50. The SMILES string of the molecule is CC(C)(C)[S+]([O-])N[C@@H]1c2ccccc2CC12CCN(c1nccnn1)CC2. The zero-order chi connectivity index (χ0) is 19.1. The molecule has 6 nitrogen and oxygen atoms in total. The number of nitrogens with zero attached hydrogens (tertiary/aromatic N) is 4. The van der Waals surface area contributed by atoms with Crippen molar-refractivity contribution < 1.29 is 4.55 Å². The third-order valence-corrected chi connectivity index (χ3v) is 7.38. The number of anilines is 1. The van der Waals surface area contributed by atoms with E-state index in [4.69, 9.17) is 0 Å². The maximum atomic E-state index is 12.9. The number of hydrogen-bond donors (Lipinski definition) is 1. The zero-order valence-corrected chi connectivity index (χ0v) is 17.0. The van der Waals surface area contributed by atoms with Gasteiger partial charge in [-0.05, 0) is 51.2 Å². The van der Waals surface area contributed by atoms with Crippen molar-refractivity contribution in [3.63, 3.8) is 0 Å². The molecule has 144 valence electrons. The molecule has 1 aromatic heterocycles. The lowest BCUT2D eigenvalue weighted by molar-refractivity contribution is 0.175. The van der Waals surface area contributed by atoms with Gasteiger partial charge in [-0.25, -0.2) is 4.98 Å². The lowest BCUT2D eigenvalue weighted by Gasteiger charge is -2.43. The van der Waals surface area contributed by atoms with Crippen LogP contribution in [0.4, 0.5) is 5.95 Å². The van der Waals surface area contributed by atoms with Crippen LogP contribution in [-0.4, -0.2) is 37.6 Å². The highest BCUT2D eigenvalue weighted by atomic mass is 32.2. The molecule has 1 N–H and O–H groups in total. The van der Waals surface area contributed by atoms with E-state index in [2.05, 4.69) is 49.1 Å². The van der Waals surface area contributed by atoms with Gasteiger partial charge in [-0.1, -0.05) is 24.3 Å². The van der Waals surface area contributed by atoms with Crippen LogP contribution in [0.5, 0.6) is 0 Å². The molecule has 7 heteroatoms. The standard InChI is InChI=1S/C20H27N5OS/c1-19(2,3)27(26)24-17-16-7-5-4-6-15(16)14-20(17)8-12-25(13-9-20)18-21-10-11-22-23-18/h4-7,10-11,17,24H,8-9,12-14H2,1-3H3/t17-,27?/m1/s1. The van der Waals surface area contributed by atoms with Crippen LogP contribution in [0.3, 0.4) is 0 Å². The molecule has 0 radical (unpaired) electrons. The van der Waals surface area contributed by atoms with E-state index in [1.807, 2.05) is 20.8 Å². The number of aromatic nitrogens is 3. The molecule has 2 heterocycles. The van der Waals surface area contributed by atoms with Crippen molar-refractivity contribution >= 4 is 17.3 Å². The number of rotatable bonds is 3. The molecule has 1 aromatic carbocycles. The second kappa shape index (κ2) is 7.04. The smallest absolute Gasteiger partial charge is 0.245 e. The van der Waals surface area contributed by atoms with Crippen LogP contribution in [0.15, 0.2) is 36.7 Å². The van der Waals surface area contributed by atoms with Crippen LogP contribution >= 0.6 is 0 Å². The van der Waals surface area contributed by atoms with Crippen molar-refractivity contribution in [3.8, 4) is 0 Å². The van der Waals surface area contributed by atoms with Crippen LogP contribution in [-0.2, 0) is 17.8 Å². The number of nitrogens with one attached hydrogen (secondary N) is 1. The first-order chi connectivity index (χ1) is 12.9. The first kappa shape index (κ1) is 18.7. The molecule has 1 spiro atoms. The van der Waals surface area contributed by atoms with Crippen LogP contribution < -0.4 is 9.62 Å². The van der Waals surface area contributed by atoms with Gasteiger partial charge in [0.25, 0.3) is 0 Å². The quantitative estimate of drug-likeness (QED) is 0.819. The molecule has 2 aromatic rings. The van der Waals surface area contributed by atoms with Gasteiger partial charge in [0, 0.05) is 29.9 Å². The van der Waals surface area contributed by atoms with Gasteiger partial charge >= 0.3 is 0 Å². The second-order valence-electron chi connectivity index (χ2n) is 8.60. The molecule has 27 heavy (non-hydrogen) atoms. The van der Waals surface area contributed by atoms with Gasteiger partial charge in [0.2, 0.25) is 5.95 Å². The molecule has 0 amide bonds. The van der Waals surface area contributed by atoms with E-state index in [-0.39, 0.29) is 16.2 Å². The van der Waals surface area contributed by atoms with E-state index in [9.17, 15) is 4.55 Å². The fourth-order valence-corrected chi connectivity index (χ4v) is 5.21. The van der Waals surface area contributed by atoms with Crippen molar-refractivity contribution in [2.45, 2.75) is 50.8 Å². The summed E-state index contributed by atoms with van der Waals surface area (Å²) in [4.78, 5) is 6.55. The van der Waals surface area contributed by atoms with Gasteiger partial charge in [0.15, 0.2) is 0 Å². The van der Waals surface area contributed by atoms with E-state index in [1.54, 1.807) is 12.4 Å². The molecule has 1 unspecified atom stereocenters. The van der Waals surface area contributed by atoms with Crippen molar-refractivity contribution in [2.75, 3.05) is 18.0 Å². The Bertz CT molecular complexity index is 786. The summed E-state index contributed by atoms with van der Waals surface area (Å²) in [5.74, 6) is 0.700. The van der Waals surface area contributed by atoms with Gasteiger partial charge in [0.05, 0.1) is 18.4 Å². The summed E-state index contributed by atoms with van der Waals surface area (Å²) >= 11 is -1.11. The van der Waals surface area contributed by atoms with Gasteiger partial charge in [-0.2, -0.15) is 5.10 Å². The fraction of sp³-hybridized carbons (Fsp3) is 0.550. The monoisotopic (exact) mass is 385 g/mol. The molecular weight excluding hydrogens is 358 g/mol. The number of piperidine rings is 1. The highest BCUT2D eigenvalue weighted by molar-refractivity contribution is 7.90. The predicted molar refractivity (Wildman–Crippen MR) is 108 cm³/mol. The summed E-state index contributed by atoms with van der Waals surface area (Å²) < 4.78 is 16.1. The molecule has 4 rings (SSSR count). The minimum absolute atomic E-state index is 0.0866. The topological polar surface area (TPSA) is 77.0 Å². The Balaban J connectivity index is 1.58. The van der Waals surface area contributed by atoms with E-state index in [0.717, 1.165) is 32.4 Å². The molecule has 1 aliphatic heterocycles. The van der Waals surface area contributed by atoms with Crippen LogP contribution in [0.25, 0.3) is 0 Å². The minimum Gasteiger partial charge on any atom is -0.598 e. The molecule has 1 fully saturated rings. The summed E-state index contributed by atoms with van der Waals surface area (Å²) in [5, 5.41) is 8.11. The minimum atomic E-state index is -1.11. The Morgan fingerprint density at radius 2 is 1.93 bits per heavy atom. The number of benzene rings is 1. The highest BCUT2D eigenvalue weighted by Crippen LogP contribution is 2.52. The lowest BCUT2D eigenvalue weighted by atomic mass is 9.73. The largest absolute Gasteiger partial charge is 0.598 e. The van der Waals surface area contributed by atoms with E-state index in [1.165, 1.54) is 11.1 Å². The fourth-order valence-electron chi connectivity index (χ4n) is 4.26. The van der Waals surface area contributed by atoms with Gasteiger partial charge in [-0.3, -0.25) is 0 Å². The second-order valence-corrected chi connectivity index (χ2v) is 10.6. The van der Waals surface area contributed by atoms with E-state index >= 15 is 0 Å². The van der Waals surface area contributed by atoms with Gasteiger partial charge in [-0.15, -0.1) is 9.82 Å². The first-order valence-corrected chi connectivity index (χ1v) is 10.7. The molecule has 1 aliphatic carbocycles. The number of hydrogen-bond acceptors (Lipinski definition) is 6. The van der Waals surface area contributed by atoms with Crippen molar-refractivity contribution in [3.05, 3.63) is 47.8 Å². The van der Waals surface area contributed by atoms with E-state index in [0.29, 0.717) is 5.95 Å². The summed E-state index contributed by atoms with van der Waals surface area (Å²) in [6.07, 6.45) is 6.35. The van der Waals surface area contributed by atoms with E-state index < -0.39 is 11.4 Å². The summed E-state index contributed by atoms with van der Waals surface area (Å²) in [6.45, 7) is 7.84. The molecule has 1 saturated heterocycles. The molecule has 2 atom stereocenters. The zero-order valence-electron chi connectivity index (χ0n) is 16.2. The molecular formula is C20H27N5OS. The summed E-state index contributed by atoms with van der Waals surface area (Å²) in [5.41, 5.74) is 2.77. The Labute approximate surface area is 164 Å². The summed E-state index contributed by atoms with van der Waals surface area (Å²) in [6, 6.07) is 8.72. The Morgan fingerprint density at radius 1 is 1.19 bits per heavy atom. The van der Waals surface area contributed by atoms with Gasteiger partial charge < -0.3 is 9.45 Å². The molecule has 2 aliphatic rings. The molecule has 0 saturated carbocycles. The highest BCUT2D eigenvalue weighted by Gasteiger charge is 2.50. The number of fused-ring (bicyclic) bond motifs is 1. The Morgan fingerprint density at radius 3 is 2.59 bits per heavy atom. The van der Waals surface area contributed by atoms with Crippen molar-refractivity contribution in [1.82, 2.24) is 19.9 Å². The van der Waals surface area contributed by atoms with Crippen LogP contribution in [0, 0.1) is 5.41 Å². The first-order valence-electron chi connectivity index (χ1n) is 9.54. The average Bonchev–Trinajstić information content (AvgIpc) is 2.95. The third kappa shape index (κ3) is 3.56. The van der Waals surface area contributed by atoms with Crippen LogP contribution in [0.2, 0.25) is 0 Å². The van der Waals surface area contributed by atoms with Crippen molar-refractivity contribution in [1.29, 1.82) is 0 Å². The summed E-state index contributed by atoms with van der Waals surface area (Å²) in [7, 11) is 0. The Kier molecular flexibility index (Phi) is 4.86. The Hall–Kier alpha value is -1.70. The van der Waals surface area contributed by atoms with Gasteiger partial charge in [0.1, 0.15) is 4.75 Å². The average molecular weight is 386 g/mol. The maximum Gasteiger partial charge on any atom is 0.245 e. The van der Waals surface area contributed by atoms with Crippen LogP contribution in [0.1, 0.15) is 50.8 Å².